The quantitative estimate of drug-likeness (QED) is 0.589. The van der Waals surface area contributed by atoms with E-state index in [9.17, 15) is 4.79 Å². The zero-order valence-electron chi connectivity index (χ0n) is 7.54. The van der Waals surface area contributed by atoms with Crippen molar-refractivity contribution in [2.45, 2.75) is 26.7 Å². The third kappa shape index (κ3) is 2.22. The average molecular weight is 166 g/mol. The fourth-order valence-electron chi connectivity index (χ4n) is 1.06. The van der Waals surface area contributed by atoms with Gasteiger partial charge in [0.1, 0.15) is 5.76 Å². The van der Waals surface area contributed by atoms with Crippen molar-refractivity contribution in [1.29, 1.82) is 0 Å². The second kappa shape index (κ2) is 4.10. The van der Waals surface area contributed by atoms with Crippen LogP contribution in [0.15, 0.2) is 24.0 Å². The molecule has 0 aliphatic heterocycles. The van der Waals surface area contributed by atoms with Crippen LogP contribution in [0.5, 0.6) is 0 Å². The molecule has 0 aromatic rings. The number of hydrogen-bond donors (Lipinski definition) is 0. The van der Waals surface area contributed by atoms with E-state index in [1.54, 1.807) is 6.92 Å². The van der Waals surface area contributed by atoms with Gasteiger partial charge >= 0.3 is 5.97 Å². The first-order valence-corrected chi connectivity index (χ1v) is 4.31. The fraction of sp³-hybridized carbons (Fsp3) is 0.500. The predicted octanol–water partition coefficient (Wildman–Crippen LogP) is 2.42. The van der Waals surface area contributed by atoms with Crippen LogP contribution in [0, 0.1) is 5.92 Å². The summed E-state index contributed by atoms with van der Waals surface area (Å²) in [5.74, 6) is 0.984. The fourth-order valence-corrected chi connectivity index (χ4v) is 1.06. The van der Waals surface area contributed by atoms with Crippen LogP contribution < -0.4 is 0 Å². The molecule has 1 aliphatic carbocycles. The molecule has 1 aliphatic rings. The van der Waals surface area contributed by atoms with Crippen molar-refractivity contribution in [3.8, 4) is 0 Å². The molecule has 0 spiro atoms. The minimum absolute atomic E-state index is 0.150. The monoisotopic (exact) mass is 166 g/mol. The second-order valence-electron chi connectivity index (χ2n) is 2.96. The molecule has 0 N–H and O–H groups in total. The molecule has 0 radical (unpaired) electrons. The van der Waals surface area contributed by atoms with E-state index in [0.717, 1.165) is 12.2 Å². The lowest BCUT2D eigenvalue weighted by molar-refractivity contribution is -0.139. The van der Waals surface area contributed by atoms with Crippen LogP contribution in [0.3, 0.4) is 0 Å². The summed E-state index contributed by atoms with van der Waals surface area (Å²) in [5, 5.41) is 0. The summed E-state index contributed by atoms with van der Waals surface area (Å²) in [5.41, 5.74) is 0. The molecule has 1 atom stereocenters. The Morgan fingerprint density at radius 2 is 2.50 bits per heavy atom. The van der Waals surface area contributed by atoms with E-state index < -0.39 is 0 Å². The van der Waals surface area contributed by atoms with Crippen LogP contribution in [-0.4, -0.2) is 5.97 Å². The summed E-state index contributed by atoms with van der Waals surface area (Å²) in [6.45, 7) is 3.85. The zero-order chi connectivity index (χ0) is 8.97. The maximum atomic E-state index is 10.9. The minimum atomic E-state index is -0.150. The van der Waals surface area contributed by atoms with Crippen molar-refractivity contribution in [2.24, 2.45) is 5.92 Å². The molecule has 1 unspecified atom stereocenters. The van der Waals surface area contributed by atoms with Crippen molar-refractivity contribution < 1.29 is 9.53 Å². The second-order valence-corrected chi connectivity index (χ2v) is 2.96. The van der Waals surface area contributed by atoms with Gasteiger partial charge < -0.3 is 4.74 Å². The Balaban J connectivity index is 2.55. The first-order valence-electron chi connectivity index (χ1n) is 4.31. The molecular formula is C10H14O2. The molecule has 0 saturated heterocycles. The summed E-state index contributed by atoms with van der Waals surface area (Å²) in [7, 11) is 0. The van der Waals surface area contributed by atoms with Gasteiger partial charge in [-0.2, -0.15) is 0 Å². The van der Waals surface area contributed by atoms with Gasteiger partial charge in [-0.1, -0.05) is 26.0 Å². The highest BCUT2D eigenvalue weighted by Gasteiger charge is 2.13. The van der Waals surface area contributed by atoms with Crippen LogP contribution in [-0.2, 0) is 9.53 Å². The smallest absolute Gasteiger partial charge is 0.310 e. The van der Waals surface area contributed by atoms with E-state index in [2.05, 4.69) is 13.0 Å². The van der Waals surface area contributed by atoms with Crippen molar-refractivity contribution in [3.05, 3.63) is 24.0 Å². The summed E-state index contributed by atoms with van der Waals surface area (Å²) >= 11 is 0. The number of rotatable bonds is 2. The lowest BCUT2D eigenvalue weighted by Gasteiger charge is -2.15. The van der Waals surface area contributed by atoms with Crippen molar-refractivity contribution in [2.75, 3.05) is 0 Å². The van der Waals surface area contributed by atoms with Gasteiger partial charge in [0, 0.05) is 12.3 Å². The van der Waals surface area contributed by atoms with Crippen LogP contribution in [0.25, 0.3) is 0 Å². The van der Waals surface area contributed by atoms with Gasteiger partial charge in [0.15, 0.2) is 0 Å². The number of carbonyl (C=O) groups excluding carboxylic acids is 1. The maximum absolute atomic E-state index is 10.9. The molecule has 0 bridgehead atoms. The molecule has 2 nitrogen and oxygen atoms in total. The molecule has 0 heterocycles. The van der Waals surface area contributed by atoms with Crippen molar-refractivity contribution in [1.82, 2.24) is 0 Å². The molecule has 1 rings (SSSR count). The molecule has 0 aromatic carbocycles. The largest absolute Gasteiger partial charge is 0.431 e. The van der Waals surface area contributed by atoms with Gasteiger partial charge in [-0.3, -0.25) is 4.79 Å². The molecular weight excluding hydrogens is 152 g/mol. The van der Waals surface area contributed by atoms with Crippen LogP contribution >= 0.6 is 0 Å². The Labute approximate surface area is 72.9 Å². The van der Waals surface area contributed by atoms with E-state index in [-0.39, 0.29) is 5.97 Å². The Morgan fingerprint density at radius 3 is 3.08 bits per heavy atom. The number of hydrogen-bond acceptors (Lipinski definition) is 2. The summed E-state index contributed by atoms with van der Waals surface area (Å²) in [6.07, 6.45) is 7.27. The van der Waals surface area contributed by atoms with Gasteiger partial charge in [-0.15, -0.1) is 0 Å². The van der Waals surface area contributed by atoms with Crippen LogP contribution in [0.2, 0.25) is 0 Å². The molecule has 0 saturated carbocycles. The van der Waals surface area contributed by atoms with E-state index in [0.29, 0.717) is 12.3 Å². The highest BCUT2D eigenvalue weighted by atomic mass is 16.5. The average Bonchev–Trinajstić information content (AvgIpc) is 2.09. The molecule has 0 aromatic heterocycles. The minimum Gasteiger partial charge on any atom is -0.431 e. The van der Waals surface area contributed by atoms with E-state index >= 15 is 0 Å². The normalized spacial score (nSPS) is 21.8. The van der Waals surface area contributed by atoms with E-state index in [1.165, 1.54) is 0 Å². The Hall–Kier alpha value is -1.05. The lowest BCUT2D eigenvalue weighted by Crippen LogP contribution is -2.10. The third-order valence-electron chi connectivity index (χ3n) is 1.89. The highest BCUT2D eigenvalue weighted by Crippen LogP contribution is 2.20. The van der Waals surface area contributed by atoms with Crippen molar-refractivity contribution in [3.63, 3.8) is 0 Å². The van der Waals surface area contributed by atoms with Gasteiger partial charge in [0.05, 0.1) is 0 Å². The zero-order valence-corrected chi connectivity index (χ0v) is 7.54. The van der Waals surface area contributed by atoms with Gasteiger partial charge in [-0.25, -0.2) is 0 Å². The Morgan fingerprint density at radius 1 is 1.75 bits per heavy atom. The summed E-state index contributed by atoms with van der Waals surface area (Å²) in [6, 6.07) is 0. The predicted molar refractivity (Wildman–Crippen MR) is 47.4 cm³/mol. The first kappa shape index (κ1) is 9.04. The first-order chi connectivity index (χ1) is 5.74. The van der Waals surface area contributed by atoms with Gasteiger partial charge in [-0.05, 0) is 12.5 Å². The summed E-state index contributed by atoms with van der Waals surface area (Å²) < 4.78 is 5.12. The summed E-state index contributed by atoms with van der Waals surface area (Å²) in [4.78, 5) is 10.9. The van der Waals surface area contributed by atoms with E-state index in [4.69, 9.17) is 4.74 Å². The molecule has 0 fully saturated rings. The molecule has 66 valence electrons. The lowest BCUT2D eigenvalue weighted by atomic mass is 10.0. The number of ether oxygens (including phenoxy) is 1. The molecule has 0 amide bonds. The van der Waals surface area contributed by atoms with Gasteiger partial charge in [0.2, 0.25) is 0 Å². The Kier molecular flexibility index (Phi) is 3.09. The SMILES string of the molecule is CCC(=O)OC1=CC=CCC1C. The topological polar surface area (TPSA) is 26.3 Å². The number of esters is 1. The molecule has 2 heteroatoms. The van der Waals surface area contributed by atoms with E-state index in [1.807, 2.05) is 12.2 Å². The molecule has 12 heavy (non-hydrogen) atoms. The van der Waals surface area contributed by atoms with Crippen LogP contribution in [0.1, 0.15) is 26.7 Å². The standard InChI is InChI=1S/C10H14O2/c1-3-10(11)12-9-7-5-4-6-8(9)2/h4-5,7-8H,3,6H2,1-2H3. The highest BCUT2D eigenvalue weighted by molar-refractivity contribution is 5.70. The Bertz CT molecular complexity index is 226. The van der Waals surface area contributed by atoms with Gasteiger partial charge in [0.25, 0.3) is 0 Å². The maximum Gasteiger partial charge on any atom is 0.310 e. The van der Waals surface area contributed by atoms with Crippen molar-refractivity contribution >= 4 is 5.97 Å². The number of allylic oxidation sites excluding steroid dienone is 4. The number of carbonyl (C=O) groups is 1. The third-order valence-corrected chi connectivity index (χ3v) is 1.89. The van der Waals surface area contributed by atoms with Crippen LogP contribution in [0.4, 0.5) is 0 Å².